The first kappa shape index (κ1) is 24.0. The third-order valence-corrected chi connectivity index (χ3v) is 9.04. The van der Waals surface area contributed by atoms with Crippen molar-refractivity contribution in [3.8, 4) is 0 Å². The zero-order valence-electron chi connectivity index (χ0n) is 20.9. The Kier molecular flexibility index (Phi) is 6.25. The molecule has 4 aliphatic rings. The van der Waals surface area contributed by atoms with Crippen LogP contribution in [-0.4, -0.2) is 30.1 Å². The molecule has 4 rings (SSSR count). The second-order valence-electron chi connectivity index (χ2n) is 11.1. The number of hydrogen-bond donors (Lipinski definition) is 0. The number of allylic oxidation sites excluding steroid dienone is 4. The van der Waals surface area contributed by atoms with Crippen LogP contribution in [0.3, 0.4) is 0 Å². The van der Waals surface area contributed by atoms with Crippen molar-refractivity contribution in [3.05, 3.63) is 23.0 Å². The molecule has 0 radical (unpaired) electrons. The van der Waals surface area contributed by atoms with Gasteiger partial charge < -0.3 is 14.2 Å². The van der Waals surface area contributed by atoms with Gasteiger partial charge in [-0.15, -0.1) is 0 Å². The highest BCUT2D eigenvalue weighted by Gasteiger charge is 2.58. The van der Waals surface area contributed by atoms with Crippen LogP contribution < -0.4 is 0 Å². The van der Waals surface area contributed by atoms with Gasteiger partial charge in [0.1, 0.15) is 18.0 Å². The summed E-state index contributed by atoms with van der Waals surface area (Å²) in [6.45, 7) is 11.0. The van der Waals surface area contributed by atoms with Gasteiger partial charge in [-0.05, 0) is 79.3 Å². The highest BCUT2D eigenvalue weighted by atomic mass is 16.5. The molecule has 7 atom stereocenters. The quantitative estimate of drug-likeness (QED) is 0.422. The Morgan fingerprint density at radius 1 is 1.03 bits per heavy atom. The van der Waals surface area contributed by atoms with Crippen molar-refractivity contribution in [2.75, 3.05) is 0 Å². The summed E-state index contributed by atoms with van der Waals surface area (Å²) in [5.74, 6) is 0.958. The molecule has 0 unspecified atom stereocenters. The predicted molar refractivity (Wildman–Crippen MR) is 123 cm³/mol. The largest absolute Gasteiger partial charge is 0.463 e. The second kappa shape index (κ2) is 8.59. The lowest BCUT2D eigenvalue weighted by Gasteiger charge is -2.54. The van der Waals surface area contributed by atoms with Crippen LogP contribution in [0.15, 0.2) is 23.0 Å². The summed E-state index contributed by atoms with van der Waals surface area (Å²) in [5.41, 5.74) is 2.32. The first-order valence-electron chi connectivity index (χ1n) is 12.4. The lowest BCUT2D eigenvalue weighted by Crippen LogP contribution is -2.47. The van der Waals surface area contributed by atoms with E-state index in [4.69, 9.17) is 14.2 Å². The monoisotopic (exact) mass is 458 g/mol. The summed E-state index contributed by atoms with van der Waals surface area (Å²) in [7, 11) is 0. The van der Waals surface area contributed by atoms with Crippen LogP contribution >= 0.6 is 0 Å². The van der Waals surface area contributed by atoms with E-state index in [0.29, 0.717) is 18.3 Å². The van der Waals surface area contributed by atoms with E-state index in [0.717, 1.165) is 44.3 Å². The number of esters is 3. The summed E-state index contributed by atoms with van der Waals surface area (Å²) < 4.78 is 17.1. The molecule has 0 aliphatic heterocycles. The average molecular weight is 459 g/mol. The molecule has 182 valence electrons. The molecule has 6 heteroatoms. The van der Waals surface area contributed by atoms with E-state index in [9.17, 15) is 14.4 Å². The molecule has 0 saturated heterocycles. The Labute approximate surface area is 197 Å². The molecule has 0 aromatic heterocycles. The first-order chi connectivity index (χ1) is 15.5. The van der Waals surface area contributed by atoms with E-state index < -0.39 is 0 Å². The van der Waals surface area contributed by atoms with Gasteiger partial charge in [0.05, 0.1) is 0 Å². The minimum absolute atomic E-state index is 0.0393. The number of hydrogen-bond acceptors (Lipinski definition) is 6. The maximum Gasteiger partial charge on any atom is 0.307 e. The van der Waals surface area contributed by atoms with Gasteiger partial charge in [0, 0.05) is 33.1 Å². The Morgan fingerprint density at radius 2 is 1.76 bits per heavy atom. The molecule has 0 aromatic rings. The summed E-state index contributed by atoms with van der Waals surface area (Å²) >= 11 is 0. The van der Waals surface area contributed by atoms with E-state index in [2.05, 4.69) is 19.9 Å². The fraction of sp³-hybridized carbons (Fsp3) is 0.741. The summed E-state index contributed by atoms with van der Waals surface area (Å²) in [6.07, 6.45) is 8.37. The van der Waals surface area contributed by atoms with Crippen molar-refractivity contribution >= 4 is 17.9 Å². The number of fused-ring (bicyclic) bond motifs is 5. The zero-order chi connectivity index (χ0) is 24.1. The van der Waals surface area contributed by atoms with E-state index in [1.54, 1.807) is 0 Å². The van der Waals surface area contributed by atoms with Crippen LogP contribution in [0.1, 0.15) is 86.5 Å². The van der Waals surface area contributed by atoms with E-state index >= 15 is 0 Å². The normalized spacial score (nSPS) is 38.3. The maximum absolute atomic E-state index is 12.2. The van der Waals surface area contributed by atoms with E-state index in [1.807, 2.05) is 6.92 Å². The standard InChI is InChI=1S/C27H38O6/c1-15(31-16(2)28)22-9-10-23-21-8-7-19-13-20(32-17(3)29)11-12-26(19,5)25(21)24(33-18(4)30)14-27(22,23)6/h8,15,19-20,22-23H,7,9-14H2,1-6H3/t15-,19+,20+,22+,23-,26-,27+/m0/s1. The minimum Gasteiger partial charge on any atom is -0.463 e. The van der Waals surface area contributed by atoms with Crippen LogP contribution in [0.2, 0.25) is 0 Å². The van der Waals surface area contributed by atoms with Gasteiger partial charge in [0.25, 0.3) is 0 Å². The molecule has 6 nitrogen and oxygen atoms in total. The number of carbonyl (C=O) groups is 3. The molecule has 33 heavy (non-hydrogen) atoms. The van der Waals surface area contributed by atoms with Gasteiger partial charge in [0.15, 0.2) is 0 Å². The minimum atomic E-state index is -0.291. The number of rotatable bonds is 4. The van der Waals surface area contributed by atoms with Gasteiger partial charge in [-0.1, -0.05) is 19.9 Å². The van der Waals surface area contributed by atoms with Gasteiger partial charge in [-0.2, -0.15) is 0 Å². The zero-order valence-corrected chi connectivity index (χ0v) is 20.9. The fourth-order valence-corrected chi connectivity index (χ4v) is 7.72. The average Bonchev–Trinajstić information content (AvgIpc) is 3.03. The van der Waals surface area contributed by atoms with Gasteiger partial charge in [0.2, 0.25) is 0 Å². The molecule has 0 N–H and O–H groups in total. The highest BCUT2D eigenvalue weighted by Crippen LogP contribution is 2.66. The van der Waals surface area contributed by atoms with Crippen LogP contribution in [0, 0.1) is 28.6 Å². The Balaban J connectivity index is 1.73. The van der Waals surface area contributed by atoms with E-state index in [-0.39, 0.29) is 46.9 Å². The Morgan fingerprint density at radius 3 is 2.39 bits per heavy atom. The van der Waals surface area contributed by atoms with Crippen molar-refractivity contribution in [1.82, 2.24) is 0 Å². The second-order valence-corrected chi connectivity index (χ2v) is 11.1. The van der Waals surface area contributed by atoms with Gasteiger partial charge in [-0.3, -0.25) is 14.4 Å². The summed E-state index contributed by atoms with van der Waals surface area (Å²) in [4.78, 5) is 35.4. The molecule has 0 bridgehead atoms. The lowest BCUT2D eigenvalue weighted by molar-refractivity contribution is -0.152. The molecule has 2 saturated carbocycles. The summed E-state index contributed by atoms with van der Waals surface area (Å²) in [5, 5.41) is 0. The SMILES string of the molecule is CC(=O)OC1=C2C(=CC[C@@H]3C[C@H](OC(C)=O)CC[C@]23C)[C@@H]2CC[C@H]([C@H](C)OC(C)=O)[C@@]2(C)C1. The molecular weight excluding hydrogens is 420 g/mol. The van der Waals surface area contributed by atoms with Crippen molar-refractivity contribution in [2.24, 2.45) is 28.6 Å². The van der Waals surface area contributed by atoms with Gasteiger partial charge in [-0.25, -0.2) is 0 Å². The molecule has 0 aromatic carbocycles. The molecule has 4 aliphatic carbocycles. The fourth-order valence-electron chi connectivity index (χ4n) is 7.72. The lowest BCUT2D eigenvalue weighted by atomic mass is 9.51. The molecule has 0 heterocycles. The Bertz CT molecular complexity index is 916. The number of carbonyl (C=O) groups excluding carboxylic acids is 3. The van der Waals surface area contributed by atoms with Crippen LogP contribution in [0.5, 0.6) is 0 Å². The maximum atomic E-state index is 12.2. The third-order valence-electron chi connectivity index (χ3n) is 9.04. The molecule has 0 spiro atoms. The van der Waals surface area contributed by atoms with Gasteiger partial charge >= 0.3 is 17.9 Å². The molecule has 2 fully saturated rings. The first-order valence-corrected chi connectivity index (χ1v) is 12.4. The van der Waals surface area contributed by atoms with Crippen LogP contribution in [0.4, 0.5) is 0 Å². The van der Waals surface area contributed by atoms with Crippen LogP contribution in [-0.2, 0) is 28.6 Å². The van der Waals surface area contributed by atoms with Crippen molar-refractivity contribution in [1.29, 1.82) is 0 Å². The number of ether oxygens (including phenoxy) is 3. The predicted octanol–water partition coefficient (Wildman–Crippen LogP) is 5.26. The van der Waals surface area contributed by atoms with Crippen molar-refractivity contribution in [3.63, 3.8) is 0 Å². The topological polar surface area (TPSA) is 78.9 Å². The van der Waals surface area contributed by atoms with E-state index in [1.165, 1.54) is 31.9 Å². The van der Waals surface area contributed by atoms with Crippen LogP contribution in [0.25, 0.3) is 0 Å². The van der Waals surface area contributed by atoms with Crippen molar-refractivity contribution in [2.45, 2.75) is 98.7 Å². The molecular formula is C27H38O6. The highest BCUT2D eigenvalue weighted by molar-refractivity contribution is 5.68. The Hall–Kier alpha value is -2.11. The smallest absolute Gasteiger partial charge is 0.307 e. The summed E-state index contributed by atoms with van der Waals surface area (Å²) in [6, 6.07) is 0. The molecule has 0 amide bonds. The van der Waals surface area contributed by atoms with Crippen molar-refractivity contribution < 1.29 is 28.6 Å². The third kappa shape index (κ3) is 4.15.